The van der Waals surface area contributed by atoms with Crippen molar-refractivity contribution in [3.8, 4) is 6.07 Å². The predicted octanol–water partition coefficient (Wildman–Crippen LogP) is 1.73. The monoisotopic (exact) mass is 550 g/mol. The topological polar surface area (TPSA) is 135 Å². The summed E-state index contributed by atoms with van der Waals surface area (Å²) in [6, 6.07) is 6.04. The van der Waals surface area contributed by atoms with Crippen molar-refractivity contribution in [3.05, 3.63) is 34.9 Å². The fourth-order valence-corrected chi connectivity index (χ4v) is 6.70. The van der Waals surface area contributed by atoms with Gasteiger partial charge >= 0.3 is 6.09 Å². The van der Waals surface area contributed by atoms with E-state index < -0.39 is 23.8 Å². The Labute approximate surface area is 234 Å². The lowest BCUT2D eigenvalue weighted by Gasteiger charge is -2.39. The van der Waals surface area contributed by atoms with Crippen molar-refractivity contribution in [2.75, 3.05) is 26.7 Å². The fourth-order valence-electron chi connectivity index (χ4n) is 6.70. The summed E-state index contributed by atoms with van der Waals surface area (Å²) in [6.45, 7) is 6.49. The molecule has 11 heteroatoms. The number of nitriles is 1. The number of likely N-dealkylation sites (tertiary alicyclic amines) is 3. The molecular formula is C29H38N6O5. The summed E-state index contributed by atoms with van der Waals surface area (Å²) in [4.78, 5) is 57.5. The van der Waals surface area contributed by atoms with Crippen LogP contribution < -0.4 is 10.6 Å². The van der Waals surface area contributed by atoms with Gasteiger partial charge in [0, 0.05) is 38.3 Å². The van der Waals surface area contributed by atoms with Crippen molar-refractivity contribution in [3.63, 3.8) is 0 Å². The molecule has 2 bridgehead atoms. The Kier molecular flexibility index (Phi) is 7.48. The number of nitrogens with zero attached hydrogens (tertiary/aromatic N) is 4. The van der Waals surface area contributed by atoms with Gasteiger partial charge < -0.3 is 25.2 Å². The Balaban J connectivity index is 1.30. The van der Waals surface area contributed by atoms with Crippen LogP contribution in [0.5, 0.6) is 0 Å². The number of carbonyl (C=O) groups is 4. The van der Waals surface area contributed by atoms with Crippen molar-refractivity contribution in [2.24, 2.45) is 0 Å². The number of rotatable bonds is 6. The van der Waals surface area contributed by atoms with Gasteiger partial charge in [-0.2, -0.15) is 5.26 Å². The molecule has 40 heavy (non-hydrogen) atoms. The van der Waals surface area contributed by atoms with Gasteiger partial charge in [0.1, 0.15) is 17.7 Å². The molecule has 2 N–H and O–H groups in total. The van der Waals surface area contributed by atoms with Gasteiger partial charge in [-0.1, -0.05) is 6.07 Å². The Morgan fingerprint density at radius 2 is 1.98 bits per heavy atom. The molecule has 1 aromatic rings. The fraction of sp³-hybridized carbons (Fsp3) is 0.621. The summed E-state index contributed by atoms with van der Waals surface area (Å²) < 4.78 is 5.43. The molecular weight excluding hydrogens is 512 g/mol. The molecule has 0 spiro atoms. The lowest BCUT2D eigenvalue weighted by Crippen LogP contribution is -2.59. The van der Waals surface area contributed by atoms with Crippen LogP contribution in [0.2, 0.25) is 0 Å². The predicted molar refractivity (Wildman–Crippen MR) is 145 cm³/mol. The first kappa shape index (κ1) is 27.9. The van der Waals surface area contributed by atoms with Crippen LogP contribution in [0.3, 0.4) is 0 Å². The minimum absolute atomic E-state index is 0.00277. The zero-order valence-electron chi connectivity index (χ0n) is 23.6. The lowest BCUT2D eigenvalue weighted by molar-refractivity contribution is -0.141. The van der Waals surface area contributed by atoms with Crippen LogP contribution in [0.25, 0.3) is 0 Å². The summed E-state index contributed by atoms with van der Waals surface area (Å²) in [5.41, 5.74) is 2.08. The van der Waals surface area contributed by atoms with Crippen molar-refractivity contribution in [2.45, 2.75) is 88.7 Å². The summed E-state index contributed by atoms with van der Waals surface area (Å²) in [6.07, 6.45) is 2.93. The number of alkyl carbamates (subject to hydrolysis) is 1. The number of aryl methyl sites for hydroxylation is 1. The van der Waals surface area contributed by atoms with Crippen LogP contribution in [0.4, 0.5) is 4.79 Å². The molecule has 0 aromatic heterocycles. The Morgan fingerprint density at radius 1 is 1.20 bits per heavy atom. The largest absolute Gasteiger partial charge is 0.444 e. The van der Waals surface area contributed by atoms with Gasteiger partial charge in [-0.3, -0.25) is 19.3 Å². The third-order valence-electron chi connectivity index (χ3n) is 8.42. The van der Waals surface area contributed by atoms with Crippen LogP contribution in [-0.4, -0.2) is 95.0 Å². The summed E-state index contributed by atoms with van der Waals surface area (Å²) in [7, 11) is 1.61. The summed E-state index contributed by atoms with van der Waals surface area (Å²) in [5.74, 6) is -0.417. The van der Waals surface area contributed by atoms with E-state index in [2.05, 4.69) is 16.7 Å². The number of hydrogen-bond donors (Lipinski definition) is 2. The van der Waals surface area contributed by atoms with Gasteiger partial charge in [0.25, 0.3) is 5.91 Å². The number of piperazine rings is 1. The molecule has 0 saturated carbocycles. The van der Waals surface area contributed by atoms with Gasteiger partial charge in [-0.15, -0.1) is 0 Å². The number of carbonyl (C=O) groups excluding carboxylic acids is 4. The average molecular weight is 551 g/mol. The SMILES string of the molecule is CNC(=O)c1ccc2c(c1)CCC2N1C(=O)[C@@H]2C[C@H]1CN2C[C@H](NC(=O)OC(C)(C)C)C(=O)N1CCC[C@H]1C#N. The maximum Gasteiger partial charge on any atom is 0.408 e. The Bertz CT molecular complexity index is 1250. The lowest BCUT2D eigenvalue weighted by atomic mass is 10.0. The standard InChI is InChI=1S/C29H38N6O5/c1-29(2,3)40-28(39)32-22(26(37)34-11-5-6-19(34)14-30)16-33-15-20-13-24(33)27(38)35(20)23-10-8-17-12-18(25(36)31-4)7-9-21(17)23/h7,9,12,19-20,22-24H,5-6,8,10-11,13,15-16H2,1-4H3,(H,31,36)(H,32,39)/t19-,20-,22-,23?,24-/m0/s1. The van der Waals surface area contributed by atoms with Gasteiger partial charge in [-0.05, 0) is 76.1 Å². The van der Waals surface area contributed by atoms with E-state index in [9.17, 15) is 24.4 Å². The van der Waals surface area contributed by atoms with Gasteiger partial charge in [0.05, 0.1) is 18.2 Å². The zero-order chi connectivity index (χ0) is 28.8. The Morgan fingerprint density at radius 3 is 2.65 bits per heavy atom. The molecule has 11 nitrogen and oxygen atoms in total. The first-order chi connectivity index (χ1) is 19.0. The highest BCUT2D eigenvalue weighted by molar-refractivity contribution is 5.94. The summed E-state index contributed by atoms with van der Waals surface area (Å²) in [5, 5.41) is 14.9. The molecule has 1 unspecified atom stereocenters. The Hall–Kier alpha value is -3.65. The zero-order valence-corrected chi connectivity index (χ0v) is 23.6. The highest BCUT2D eigenvalue weighted by atomic mass is 16.6. The number of fused-ring (bicyclic) bond motifs is 3. The number of ether oxygens (including phenoxy) is 1. The quantitative estimate of drug-likeness (QED) is 0.551. The maximum atomic E-state index is 13.7. The van der Waals surface area contributed by atoms with Crippen LogP contribution >= 0.6 is 0 Å². The maximum absolute atomic E-state index is 13.7. The van der Waals surface area contributed by atoms with E-state index in [0.717, 1.165) is 30.4 Å². The molecule has 3 heterocycles. The van der Waals surface area contributed by atoms with Gasteiger partial charge in [0.15, 0.2) is 0 Å². The molecule has 5 atom stereocenters. The molecule has 3 fully saturated rings. The molecule has 214 valence electrons. The second-order valence-corrected chi connectivity index (χ2v) is 12.2. The number of nitrogens with one attached hydrogen (secondary N) is 2. The highest BCUT2D eigenvalue weighted by Crippen LogP contribution is 2.44. The second kappa shape index (κ2) is 10.7. The van der Waals surface area contributed by atoms with E-state index in [0.29, 0.717) is 31.5 Å². The smallest absolute Gasteiger partial charge is 0.408 e. The van der Waals surface area contributed by atoms with E-state index >= 15 is 0 Å². The van der Waals surface area contributed by atoms with Crippen molar-refractivity contribution < 1.29 is 23.9 Å². The number of benzene rings is 1. The van der Waals surface area contributed by atoms with Crippen molar-refractivity contribution in [1.29, 1.82) is 5.26 Å². The minimum atomic E-state index is -0.931. The van der Waals surface area contributed by atoms with E-state index in [4.69, 9.17) is 4.74 Å². The van der Waals surface area contributed by atoms with Crippen LogP contribution in [0.1, 0.15) is 74.0 Å². The molecule has 3 aliphatic heterocycles. The van der Waals surface area contributed by atoms with Crippen LogP contribution in [0, 0.1) is 11.3 Å². The molecule has 1 aliphatic carbocycles. The van der Waals surface area contributed by atoms with E-state index in [1.165, 1.54) is 4.90 Å². The molecule has 3 saturated heterocycles. The molecule has 1 aromatic carbocycles. The first-order valence-corrected chi connectivity index (χ1v) is 14.1. The minimum Gasteiger partial charge on any atom is -0.444 e. The molecule has 4 amide bonds. The van der Waals surface area contributed by atoms with Gasteiger partial charge in [-0.25, -0.2) is 4.79 Å². The molecule has 0 radical (unpaired) electrons. The third-order valence-corrected chi connectivity index (χ3v) is 8.42. The number of hydrogen-bond acceptors (Lipinski definition) is 7. The van der Waals surface area contributed by atoms with E-state index in [1.54, 1.807) is 27.8 Å². The average Bonchev–Trinajstić information content (AvgIpc) is 3.69. The molecule has 4 aliphatic rings. The second-order valence-electron chi connectivity index (χ2n) is 12.2. The van der Waals surface area contributed by atoms with E-state index in [1.807, 2.05) is 28.0 Å². The van der Waals surface area contributed by atoms with Crippen molar-refractivity contribution in [1.82, 2.24) is 25.3 Å². The van der Waals surface area contributed by atoms with Crippen LogP contribution in [-0.2, 0) is 20.7 Å². The molecule has 5 rings (SSSR count). The highest BCUT2D eigenvalue weighted by Gasteiger charge is 2.53. The normalized spacial score (nSPS) is 26.4. The van der Waals surface area contributed by atoms with Crippen LogP contribution in [0.15, 0.2) is 18.2 Å². The first-order valence-electron chi connectivity index (χ1n) is 14.1. The van der Waals surface area contributed by atoms with Crippen molar-refractivity contribution >= 4 is 23.8 Å². The summed E-state index contributed by atoms with van der Waals surface area (Å²) >= 11 is 0. The number of amides is 4. The van der Waals surface area contributed by atoms with E-state index in [-0.39, 0.29) is 42.4 Å². The third kappa shape index (κ3) is 5.24. The van der Waals surface area contributed by atoms with Gasteiger partial charge in [0.2, 0.25) is 11.8 Å².